The minimum Gasteiger partial charge on any atom is -0.353 e. The summed E-state index contributed by atoms with van der Waals surface area (Å²) in [6.45, 7) is 4.30. The molecule has 0 radical (unpaired) electrons. The van der Waals surface area contributed by atoms with Crippen LogP contribution in [0.15, 0.2) is 40.1 Å². The molecule has 122 valence electrons. The first-order valence-corrected chi connectivity index (χ1v) is 7.70. The SMILES string of the molecule is Cn1ccc(CN2CCN(c3ccc(=O)n(C)n3)CC2)cc1=O. The molecule has 0 atom stereocenters. The van der Waals surface area contributed by atoms with Crippen molar-refractivity contribution in [1.82, 2.24) is 19.2 Å². The van der Waals surface area contributed by atoms with Crippen molar-refractivity contribution >= 4 is 5.82 Å². The number of hydrogen-bond acceptors (Lipinski definition) is 5. The normalized spacial score (nSPS) is 15.8. The van der Waals surface area contributed by atoms with E-state index >= 15 is 0 Å². The minimum atomic E-state index is -0.0990. The van der Waals surface area contributed by atoms with Gasteiger partial charge in [0.25, 0.3) is 11.1 Å². The van der Waals surface area contributed by atoms with Gasteiger partial charge in [-0.1, -0.05) is 0 Å². The second-order valence-electron chi connectivity index (χ2n) is 5.90. The van der Waals surface area contributed by atoms with E-state index in [1.165, 1.54) is 4.68 Å². The molecule has 3 rings (SSSR count). The molecule has 1 saturated heterocycles. The molecule has 0 amide bonds. The van der Waals surface area contributed by atoms with Crippen molar-refractivity contribution in [3.05, 3.63) is 56.7 Å². The van der Waals surface area contributed by atoms with E-state index in [1.807, 2.05) is 12.3 Å². The highest BCUT2D eigenvalue weighted by Gasteiger charge is 2.18. The van der Waals surface area contributed by atoms with Crippen LogP contribution in [0.4, 0.5) is 5.82 Å². The summed E-state index contributed by atoms with van der Waals surface area (Å²) < 4.78 is 2.94. The Morgan fingerprint density at radius 1 is 1.00 bits per heavy atom. The molecule has 0 aliphatic carbocycles. The van der Waals surface area contributed by atoms with Crippen molar-refractivity contribution < 1.29 is 0 Å². The van der Waals surface area contributed by atoms with Gasteiger partial charge in [-0.05, 0) is 17.7 Å². The number of anilines is 1. The first-order chi connectivity index (χ1) is 11.0. The van der Waals surface area contributed by atoms with Crippen LogP contribution < -0.4 is 16.0 Å². The average molecular weight is 315 g/mol. The van der Waals surface area contributed by atoms with Crippen LogP contribution in [0, 0.1) is 0 Å². The Hall–Kier alpha value is -2.41. The molecule has 1 fully saturated rings. The molecule has 0 spiro atoms. The third kappa shape index (κ3) is 3.50. The molecule has 7 heteroatoms. The Bertz CT molecular complexity index is 803. The number of pyridine rings is 1. The van der Waals surface area contributed by atoms with Gasteiger partial charge in [-0.15, -0.1) is 0 Å². The predicted octanol–water partition coefficient (Wildman–Crippen LogP) is -0.199. The molecule has 0 bridgehead atoms. The molecule has 2 aromatic rings. The molecule has 0 saturated carbocycles. The van der Waals surface area contributed by atoms with Crippen LogP contribution in [-0.2, 0) is 20.6 Å². The molecule has 0 aromatic carbocycles. The zero-order valence-electron chi connectivity index (χ0n) is 13.5. The van der Waals surface area contributed by atoms with Crippen LogP contribution in [0.25, 0.3) is 0 Å². The molecular weight excluding hydrogens is 294 g/mol. The van der Waals surface area contributed by atoms with Gasteiger partial charge < -0.3 is 9.47 Å². The molecular formula is C16H21N5O2. The molecule has 7 nitrogen and oxygen atoms in total. The van der Waals surface area contributed by atoms with Gasteiger partial charge in [0.2, 0.25) is 0 Å². The molecule has 23 heavy (non-hydrogen) atoms. The predicted molar refractivity (Wildman–Crippen MR) is 88.7 cm³/mol. The van der Waals surface area contributed by atoms with Gasteiger partial charge >= 0.3 is 0 Å². The fourth-order valence-corrected chi connectivity index (χ4v) is 2.74. The van der Waals surface area contributed by atoms with Crippen molar-refractivity contribution in [2.75, 3.05) is 31.1 Å². The summed E-state index contributed by atoms with van der Waals surface area (Å²) in [7, 11) is 3.42. The van der Waals surface area contributed by atoms with Crippen LogP contribution in [0.1, 0.15) is 5.56 Å². The summed E-state index contributed by atoms with van der Waals surface area (Å²) in [4.78, 5) is 27.6. The topological polar surface area (TPSA) is 63.4 Å². The number of aryl methyl sites for hydroxylation is 2. The molecule has 0 N–H and O–H groups in total. The van der Waals surface area contributed by atoms with Crippen LogP contribution in [-0.4, -0.2) is 45.4 Å². The van der Waals surface area contributed by atoms with E-state index in [9.17, 15) is 9.59 Å². The molecule has 1 aliphatic rings. The van der Waals surface area contributed by atoms with Crippen molar-refractivity contribution in [2.45, 2.75) is 6.54 Å². The Balaban J connectivity index is 1.61. The van der Waals surface area contributed by atoms with Gasteiger partial charge in [0.1, 0.15) is 5.82 Å². The maximum absolute atomic E-state index is 11.7. The fourth-order valence-electron chi connectivity index (χ4n) is 2.74. The lowest BCUT2D eigenvalue weighted by atomic mass is 10.2. The van der Waals surface area contributed by atoms with Crippen LogP contribution in [0.3, 0.4) is 0 Å². The van der Waals surface area contributed by atoms with Crippen molar-refractivity contribution in [3.63, 3.8) is 0 Å². The third-order valence-corrected chi connectivity index (χ3v) is 4.22. The summed E-state index contributed by atoms with van der Waals surface area (Å²) in [5, 5.41) is 4.29. The first kappa shape index (κ1) is 15.5. The van der Waals surface area contributed by atoms with E-state index < -0.39 is 0 Å². The summed E-state index contributed by atoms with van der Waals surface area (Å²) in [5.74, 6) is 0.834. The number of aromatic nitrogens is 3. The summed E-state index contributed by atoms with van der Waals surface area (Å²) >= 11 is 0. The molecule has 0 unspecified atom stereocenters. The van der Waals surface area contributed by atoms with Crippen LogP contribution >= 0.6 is 0 Å². The van der Waals surface area contributed by atoms with Gasteiger partial charge in [0, 0.05) is 65.1 Å². The lowest BCUT2D eigenvalue weighted by Gasteiger charge is -2.35. The highest BCUT2D eigenvalue weighted by molar-refractivity contribution is 5.37. The van der Waals surface area contributed by atoms with Crippen molar-refractivity contribution in [1.29, 1.82) is 0 Å². The summed E-state index contributed by atoms with van der Waals surface area (Å²) in [6.07, 6.45) is 1.81. The van der Waals surface area contributed by atoms with Gasteiger partial charge in [0.15, 0.2) is 0 Å². The number of rotatable bonds is 3. The number of piperazine rings is 1. The van der Waals surface area contributed by atoms with Crippen molar-refractivity contribution in [2.24, 2.45) is 14.1 Å². The summed E-state index contributed by atoms with van der Waals surface area (Å²) in [6, 6.07) is 7.01. The molecule has 3 heterocycles. The highest BCUT2D eigenvalue weighted by atomic mass is 16.1. The molecule has 1 aliphatic heterocycles. The molecule has 2 aromatic heterocycles. The monoisotopic (exact) mass is 315 g/mol. The van der Waals surface area contributed by atoms with E-state index in [1.54, 1.807) is 36.9 Å². The Morgan fingerprint density at radius 2 is 1.74 bits per heavy atom. The largest absolute Gasteiger partial charge is 0.353 e. The smallest absolute Gasteiger partial charge is 0.266 e. The fraction of sp³-hybridized carbons (Fsp3) is 0.438. The minimum absolute atomic E-state index is 0.0236. The Kier molecular flexibility index (Phi) is 4.29. The zero-order valence-corrected chi connectivity index (χ0v) is 13.5. The quantitative estimate of drug-likeness (QED) is 0.785. The summed E-state index contributed by atoms with van der Waals surface area (Å²) in [5.41, 5.74) is 0.968. The first-order valence-electron chi connectivity index (χ1n) is 7.70. The second kappa shape index (κ2) is 6.37. The Morgan fingerprint density at radius 3 is 2.39 bits per heavy atom. The van der Waals surface area contributed by atoms with E-state index in [2.05, 4.69) is 14.9 Å². The van der Waals surface area contributed by atoms with E-state index in [4.69, 9.17) is 0 Å². The third-order valence-electron chi connectivity index (χ3n) is 4.22. The highest BCUT2D eigenvalue weighted by Crippen LogP contribution is 2.13. The maximum Gasteiger partial charge on any atom is 0.266 e. The number of hydrogen-bond donors (Lipinski definition) is 0. The Labute approximate surface area is 134 Å². The van der Waals surface area contributed by atoms with Crippen LogP contribution in [0.5, 0.6) is 0 Å². The second-order valence-corrected chi connectivity index (χ2v) is 5.90. The maximum atomic E-state index is 11.7. The van der Waals surface area contributed by atoms with E-state index in [0.29, 0.717) is 0 Å². The average Bonchev–Trinajstić information content (AvgIpc) is 2.54. The van der Waals surface area contributed by atoms with Crippen LogP contribution in [0.2, 0.25) is 0 Å². The van der Waals surface area contributed by atoms with Crippen molar-refractivity contribution in [3.8, 4) is 0 Å². The van der Waals surface area contributed by atoms with E-state index in [0.717, 1.165) is 44.1 Å². The number of nitrogens with zero attached hydrogens (tertiary/aromatic N) is 5. The lowest BCUT2D eigenvalue weighted by Crippen LogP contribution is -2.46. The van der Waals surface area contributed by atoms with Gasteiger partial charge in [-0.2, -0.15) is 5.10 Å². The standard InChI is InChI=1S/C16H21N5O2/c1-18-6-5-13(11-16(18)23)12-20-7-9-21(10-8-20)14-3-4-15(22)19(2)17-14/h3-6,11H,7-10,12H2,1-2H3. The van der Waals surface area contributed by atoms with Gasteiger partial charge in [-0.25, -0.2) is 4.68 Å². The zero-order chi connectivity index (χ0) is 16.4. The van der Waals surface area contributed by atoms with Gasteiger partial charge in [0.05, 0.1) is 0 Å². The lowest BCUT2D eigenvalue weighted by molar-refractivity contribution is 0.248. The van der Waals surface area contributed by atoms with Gasteiger partial charge in [-0.3, -0.25) is 14.5 Å². The van der Waals surface area contributed by atoms with E-state index in [-0.39, 0.29) is 11.1 Å².